The average Bonchev–Trinajstić information content (AvgIpc) is 2.44. The monoisotopic (exact) mass is 266 g/mol. The summed E-state index contributed by atoms with van der Waals surface area (Å²) in [4.78, 5) is 2.05. The number of aromatic hydroxyl groups is 1. The van der Waals surface area contributed by atoms with Gasteiger partial charge in [-0.15, -0.1) is 0 Å². The Labute approximate surface area is 116 Å². The Morgan fingerprint density at radius 1 is 0.842 bits per heavy atom. The fourth-order valence-electron chi connectivity index (χ4n) is 2.06. The summed E-state index contributed by atoms with van der Waals surface area (Å²) < 4.78 is 0. The van der Waals surface area contributed by atoms with E-state index in [4.69, 9.17) is 0 Å². The zero-order chi connectivity index (χ0) is 13.2. The molecule has 0 aliphatic heterocycles. The first-order valence-corrected chi connectivity index (χ1v) is 7.01. The van der Waals surface area contributed by atoms with E-state index in [9.17, 15) is 5.11 Å². The highest BCUT2D eigenvalue weighted by Gasteiger charge is 2.08. The fourth-order valence-corrected chi connectivity index (χ4v) is 3.04. The van der Waals surface area contributed by atoms with Crippen LogP contribution in [-0.2, 0) is 0 Å². The van der Waals surface area contributed by atoms with Crippen molar-refractivity contribution in [2.75, 3.05) is 0 Å². The van der Waals surface area contributed by atoms with Gasteiger partial charge in [0.1, 0.15) is 5.75 Å². The van der Waals surface area contributed by atoms with E-state index >= 15 is 0 Å². The molecule has 3 rings (SSSR count). The average molecular weight is 266 g/mol. The predicted molar refractivity (Wildman–Crippen MR) is 80.9 cm³/mol. The van der Waals surface area contributed by atoms with Crippen molar-refractivity contribution in [2.45, 2.75) is 16.7 Å². The van der Waals surface area contributed by atoms with Crippen LogP contribution in [0.15, 0.2) is 70.5 Å². The van der Waals surface area contributed by atoms with Gasteiger partial charge in [-0.2, -0.15) is 0 Å². The third kappa shape index (κ3) is 2.45. The van der Waals surface area contributed by atoms with Crippen LogP contribution in [0.5, 0.6) is 5.75 Å². The number of hydrogen-bond donors (Lipinski definition) is 1. The second kappa shape index (κ2) is 4.98. The Kier molecular flexibility index (Phi) is 3.18. The smallest absolute Gasteiger partial charge is 0.130 e. The molecule has 0 fully saturated rings. The van der Waals surface area contributed by atoms with Crippen LogP contribution in [0.3, 0.4) is 0 Å². The Morgan fingerprint density at radius 2 is 1.58 bits per heavy atom. The van der Waals surface area contributed by atoms with Crippen LogP contribution in [0.4, 0.5) is 0 Å². The van der Waals surface area contributed by atoms with E-state index in [1.54, 1.807) is 17.8 Å². The second-order valence-electron chi connectivity index (χ2n) is 4.55. The van der Waals surface area contributed by atoms with E-state index < -0.39 is 0 Å². The van der Waals surface area contributed by atoms with E-state index in [0.717, 1.165) is 20.6 Å². The van der Waals surface area contributed by atoms with Crippen molar-refractivity contribution >= 4 is 22.5 Å². The molecule has 0 unspecified atom stereocenters. The van der Waals surface area contributed by atoms with E-state index in [-0.39, 0.29) is 0 Å². The summed E-state index contributed by atoms with van der Waals surface area (Å²) in [6, 6.07) is 20.2. The van der Waals surface area contributed by atoms with Crippen LogP contribution in [0, 0.1) is 6.92 Å². The van der Waals surface area contributed by atoms with Crippen LogP contribution in [0.2, 0.25) is 0 Å². The summed E-state index contributed by atoms with van der Waals surface area (Å²) >= 11 is 1.60. The van der Waals surface area contributed by atoms with Gasteiger partial charge in [-0.3, -0.25) is 0 Å². The number of rotatable bonds is 2. The Bertz CT molecular complexity index is 717. The lowest BCUT2D eigenvalue weighted by Gasteiger charge is -2.09. The van der Waals surface area contributed by atoms with Gasteiger partial charge in [0.25, 0.3) is 0 Å². The van der Waals surface area contributed by atoms with Crippen molar-refractivity contribution in [3.8, 4) is 5.75 Å². The summed E-state index contributed by atoms with van der Waals surface area (Å²) in [5, 5.41) is 12.3. The maximum absolute atomic E-state index is 10.1. The maximum atomic E-state index is 10.1. The third-order valence-electron chi connectivity index (χ3n) is 3.10. The van der Waals surface area contributed by atoms with Gasteiger partial charge in [0.15, 0.2) is 0 Å². The molecule has 0 aromatic heterocycles. The molecule has 0 saturated carbocycles. The zero-order valence-corrected chi connectivity index (χ0v) is 11.4. The van der Waals surface area contributed by atoms with Crippen LogP contribution >= 0.6 is 11.8 Å². The van der Waals surface area contributed by atoms with Crippen molar-refractivity contribution in [3.63, 3.8) is 0 Å². The van der Waals surface area contributed by atoms with Gasteiger partial charge in [0.05, 0.1) is 4.90 Å². The normalized spacial score (nSPS) is 10.8. The number of phenolic OH excluding ortho intramolecular Hbond substituents is 1. The van der Waals surface area contributed by atoms with Gasteiger partial charge in [0, 0.05) is 4.90 Å². The Morgan fingerprint density at radius 3 is 2.37 bits per heavy atom. The molecule has 0 bridgehead atoms. The molecular weight excluding hydrogens is 252 g/mol. The lowest BCUT2D eigenvalue weighted by molar-refractivity contribution is 0.464. The minimum atomic E-state index is 0.337. The summed E-state index contributed by atoms with van der Waals surface area (Å²) in [6.45, 7) is 2.07. The number of hydrogen-bond acceptors (Lipinski definition) is 2. The Hall–Kier alpha value is -1.93. The van der Waals surface area contributed by atoms with Gasteiger partial charge in [0.2, 0.25) is 0 Å². The van der Waals surface area contributed by atoms with Gasteiger partial charge >= 0.3 is 0 Å². The second-order valence-corrected chi connectivity index (χ2v) is 5.63. The molecule has 0 aliphatic carbocycles. The van der Waals surface area contributed by atoms with Crippen molar-refractivity contribution in [1.82, 2.24) is 0 Å². The van der Waals surface area contributed by atoms with Crippen LogP contribution in [0.25, 0.3) is 10.8 Å². The molecule has 0 radical (unpaired) electrons. The fraction of sp³-hybridized carbons (Fsp3) is 0.0588. The van der Waals surface area contributed by atoms with Gasteiger partial charge in [-0.25, -0.2) is 0 Å². The van der Waals surface area contributed by atoms with E-state index in [1.165, 1.54) is 5.56 Å². The Balaban J connectivity index is 2.09. The molecule has 3 aromatic carbocycles. The molecule has 3 aromatic rings. The standard InChI is InChI=1S/C17H14OS/c1-12-6-9-14(10-7-12)19-17-15-5-3-2-4-13(15)8-11-16(17)18/h2-11,18H,1H3. The minimum Gasteiger partial charge on any atom is -0.507 e. The lowest BCUT2D eigenvalue weighted by atomic mass is 10.1. The molecule has 0 amide bonds. The van der Waals surface area contributed by atoms with Crippen molar-refractivity contribution in [2.24, 2.45) is 0 Å². The lowest BCUT2D eigenvalue weighted by Crippen LogP contribution is -1.80. The summed E-state index contributed by atoms with van der Waals surface area (Å²) in [5.41, 5.74) is 1.24. The highest BCUT2D eigenvalue weighted by Crippen LogP contribution is 2.39. The van der Waals surface area contributed by atoms with Crippen LogP contribution in [-0.4, -0.2) is 5.11 Å². The van der Waals surface area contributed by atoms with Crippen LogP contribution < -0.4 is 0 Å². The third-order valence-corrected chi connectivity index (χ3v) is 4.24. The molecule has 94 valence electrons. The van der Waals surface area contributed by atoms with E-state index in [0.29, 0.717) is 5.75 Å². The predicted octanol–water partition coefficient (Wildman–Crippen LogP) is 5.01. The largest absolute Gasteiger partial charge is 0.507 e. The van der Waals surface area contributed by atoms with Crippen molar-refractivity contribution in [3.05, 3.63) is 66.2 Å². The first kappa shape index (κ1) is 12.1. The molecule has 1 nitrogen and oxygen atoms in total. The maximum Gasteiger partial charge on any atom is 0.130 e. The van der Waals surface area contributed by atoms with Gasteiger partial charge in [-0.05, 0) is 35.9 Å². The highest BCUT2D eigenvalue weighted by molar-refractivity contribution is 7.99. The molecule has 0 aliphatic rings. The topological polar surface area (TPSA) is 20.2 Å². The molecule has 0 heterocycles. The molecule has 0 saturated heterocycles. The number of phenols is 1. The minimum absolute atomic E-state index is 0.337. The molecule has 0 atom stereocenters. The number of benzene rings is 3. The highest BCUT2D eigenvalue weighted by atomic mass is 32.2. The first-order chi connectivity index (χ1) is 9.24. The van der Waals surface area contributed by atoms with E-state index in [1.807, 2.05) is 24.3 Å². The van der Waals surface area contributed by atoms with Gasteiger partial charge < -0.3 is 5.11 Å². The molecule has 2 heteroatoms. The molecule has 19 heavy (non-hydrogen) atoms. The molecule has 0 spiro atoms. The summed E-state index contributed by atoms with van der Waals surface area (Å²) in [5.74, 6) is 0.337. The number of aryl methyl sites for hydroxylation is 1. The number of fused-ring (bicyclic) bond motifs is 1. The van der Waals surface area contributed by atoms with Crippen LogP contribution in [0.1, 0.15) is 5.56 Å². The summed E-state index contributed by atoms with van der Waals surface area (Å²) in [6.07, 6.45) is 0. The quantitative estimate of drug-likeness (QED) is 0.704. The SMILES string of the molecule is Cc1ccc(Sc2c(O)ccc3ccccc23)cc1. The summed E-state index contributed by atoms with van der Waals surface area (Å²) in [7, 11) is 0. The molecule has 1 N–H and O–H groups in total. The van der Waals surface area contributed by atoms with Crippen molar-refractivity contribution in [1.29, 1.82) is 0 Å². The van der Waals surface area contributed by atoms with E-state index in [2.05, 4.69) is 37.3 Å². The zero-order valence-electron chi connectivity index (χ0n) is 10.6. The first-order valence-electron chi connectivity index (χ1n) is 6.19. The van der Waals surface area contributed by atoms with Crippen molar-refractivity contribution < 1.29 is 5.11 Å². The van der Waals surface area contributed by atoms with Gasteiger partial charge in [-0.1, -0.05) is 59.8 Å². The molecular formula is C17H14OS.